The molecule has 4 heteroatoms. The van der Waals surface area contributed by atoms with Crippen molar-refractivity contribution in [3.63, 3.8) is 0 Å². The quantitative estimate of drug-likeness (QED) is 0.846. The van der Waals surface area contributed by atoms with Crippen molar-refractivity contribution < 1.29 is 9.84 Å². The van der Waals surface area contributed by atoms with Crippen LogP contribution in [0.15, 0.2) is 24.3 Å². The summed E-state index contributed by atoms with van der Waals surface area (Å²) < 4.78 is 5.16. The summed E-state index contributed by atoms with van der Waals surface area (Å²) in [4.78, 5) is 0. The normalized spacial score (nSPS) is 19.6. The first-order valence-electron chi connectivity index (χ1n) is 7.28. The molecule has 1 saturated heterocycles. The first kappa shape index (κ1) is 15.7. The molecule has 1 aromatic carbocycles. The van der Waals surface area contributed by atoms with Gasteiger partial charge in [0.2, 0.25) is 0 Å². The smallest absolute Gasteiger partial charge is 0.118 e. The Morgan fingerprint density at radius 1 is 1.30 bits per heavy atom. The lowest BCUT2D eigenvalue weighted by Gasteiger charge is -2.33. The van der Waals surface area contributed by atoms with Crippen molar-refractivity contribution in [3.05, 3.63) is 29.8 Å². The van der Waals surface area contributed by atoms with E-state index in [1.54, 1.807) is 7.11 Å². The monoisotopic (exact) mass is 295 g/mol. The van der Waals surface area contributed by atoms with E-state index in [0.29, 0.717) is 12.6 Å². The maximum Gasteiger partial charge on any atom is 0.118 e. The van der Waals surface area contributed by atoms with Crippen molar-refractivity contribution in [2.45, 2.75) is 37.8 Å². The second kappa shape index (κ2) is 7.34. The molecule has 1 heterocycles. The summed E-state index contributed by atoms with van der Waals surface area (Å²) in [5, 5.41) is 13.9. The topological polar surface area (TPSA) is 41.5 Å². The van der Waals surface area contributed by atoms with Crippen LogP contribution in [0.1, 0.15) is 25.3 Å². The van der Waals surface area contributed by atoms with Crippen LogP contribution in [-0.2, 0) is 6.42 Å². The number of aliphatic hydroxyl groups is 1. The van der Waals surface area contributed by atoms with Gasteiger partial charge in [-0.2, -0.15) is 11.8 Å². The number of benzene rings is 1. The molecule has 2 rings (SSSR count). The Balaban J connectivity index is 1.78. The molecule has 0 aliphatic carbocycles. The molecule has 2 N–H and O–H groups in total. The van der Waals surface area contributed by atoms with Crippen LogP contribution in [0.25, 0.3) is 0 Å². The fourth-order valence-electron chi connectivity index (χ4n) is 2.48. The fourth-order valence-corrected chi connectivity index (χ4v) is 3.73. The van der Waals surface area contributed by atoms with E-state index in [1.165, 1.54) is 5.56 Å². The summed E-state index contributed by atoms with van der Waals surface area (Å²) in [5.41, 5.74) is 0.788. The number of ether oxygens (including phenoxy) is 1. The number of hydrogen-bond donors (Lipinski definition) is 2. The zero-order valence-electron chi connectivity index (χ0n) is 12.4. The van der Waals surface area contributed by atoms with E-state index in [9.17, 15) is 5.11 Å². The minimum absolute atomic E-state index is 0.363. The molecule has 112 valence electrons. The predicted octanol–water partition coefficient (Wildman–Crippen LogP) is 2.47. The molecule has 0 spiro atoms. The fraction of sp³-hybridized carbons (Fsp3) is 0.625. The van der Waals surface area contributed by atoms with Gasteiger partial charge in [0.05, 0.1) is 12.7 Å². The summed E-state index contributed by atoms with van der Waals surface area (Å²) in [6, 6.07) is 8.55. The summed E-state index contributed by atoms with van der Waals surface area (Å²) in [6.45, 7) is 2.87. The van der Waals surface area contributed by atoms with Gasteiger partial charge < -0.3 is 15.2 Å². The van der Waals surface area contributed by atoms with Gasteiger partial charge in [-0.25, -0.2) is 0 Å². The van der Waals surface area contributed by atoms with Crippen LogP contribution in [0.2, 0.25) is 0 Å². The van der Waals surface area contributed by atoms with E-state index in [2.05, 4.69) is 24.4 Å². The second-order valence-corrected chi connectivity index (χ2v) is 6.90. The third-order valence-corrected chi connectivity index (χ3v) is 4.89. The molecule has 0 radical (unpaired) electrons. The summed E-state index contributed by atoms with van der Waals surface area (Å²) in [5.74, 6) is 3.04. The third kappa shape index (κ3) is 4.69. The molecule has 0 bridgehead atoms. The average Bonchev–Trinajstić information content (AvgIpc) is 2.47. The Morgan fingerprint density at radius 3 is 2.55 bits per heavy atom. The average molecular weight is 295 g/mol. The van der Waals surface area contributed by atoms with Crippen LogP contribution in [0, 0.1) is 0 Å². The maximum atomic E-state index is 10.5. The standard InChI is InChI=1S/C16H25NO2S/c1-13(11-14-3-5-15(19-2)6-4-14)17-12-16(18)7-9-20-10-8-16/h3-6,13,17-18H,7-12H2,1-2H3. The summed E-state index contributed by atoms with van der Waals surface area (Å²) >= 11 is 1.94. The van der Waals surface area contributed by atoms with Gasteiger partial charge in [-0.15, -0.1) is 0 Å². The molecular formula is C16H25NO2S. The minimum Gasteiger partial charge on any atom is -0.497 e. The van der Waals surface area contributed by atoms with Crippen LogP contribution < -0.4 is 10.1 Å². The van der Waals surface area contributed by atoms with Crippen LogP contribution in [0.5, 0.6) is 5.75 Å². The predicted molar refractivity (Wildman–Crippen MR) is 85.7 cm³/mol. The highest BCUT2D eigenvalue weighted by atomic mass is 32.2. The first-order valence-corrected chi connectivity index (χ1v) is 8.43. The Labute approximate surface area is 126 Å². The lowest BCUT2D eigenvalue weighted by Crippen LogP contribution is -2.46. The molecule has 20 heavy (non-hydrogen) atoms. The van der Waals surface area contributed by atoms with Crippen molar-refractivity contribution in [3.8, 4) is 5.75 Å². The number of rotatable bonds is 6. The van der Waals surface area contributed by atoms with Gasteiger partial charge in [0, 0.05) is 12.6 Å². The van der Waals surface area contributed by atoms with Crippen molar-refractivity contribution in [1.82, 2.24) is 5.32 Å². The van der Waals surface area contributed by atoms with E-state index in [-0.39, 0.29) is 0 Å². The zero-order chi connectivity index (χ0) is 14.4. The van der Waals surface area contributed by atoms with E-state index in [1.807, 2.05) is 23.9 Å². The summed E-state index contributed by atoms with van der Waals surface area (Å²) in [7, 11) is 1.68. The first-order chi connectivity index (χ1) is 9.61. The van der Waals surface area contributed by atoms with Gasteiger partial charge >= 0.3 is 0 Å². The van der Waals surface area contributed by atoms with Crippen LogP contribution in [0.3, 0.4) is 0 Å². The van der Waals surface area contributed by atoms with Gasteiger partial charge in [0.25, 0.3) is 0 Å². The Hall–Kier alpha value is -0.710. The molecular weight excluding hydrogens is 270 g/mol. The molecule has 1 aliphatic rings. The largest absolute Gasteiger partial charge is 0.497 e. The van der Waals surface area contributed by atoms with Gasteiger partial charge in [-0.3, -0.25) is 0 Å². The second-order valence-electron chi connectivity index (χ2n) is 5.67. The van der Waals surface area contributed by atoms with Crippen LogP contribution in [-0.4, -0.2) is 41.9 Å². The number of nitrogens with one attached hydrogen (secondary N) is 1. The number of thioether (sulfide) groups is 1. The SMILES string of the molecule is COc1ccc(CC(C)NCC2(O)CCSCC2)cc1. The highest BCUT2D eigenvalue weighted by Crippen LogP contribution is 2.26. The van der Waals surface area contributed by atoms with E-state index in [0.717, 1.165) is 36.5 Å². The Morgan fingerprint density at radius 2 is 1.95 bits per heavy atom. The molecule has 0 aromatic heterocycles. The third-order valence-electron chi connectivity index (χ3n) is 3.90. The Kier molecular flexibility index (Phi) is 5.75. The highest BCUT2D eigenvalue weighted by molar-refractivity contribution is 7.99. The molecule has 1 aliphatic heterocycles. The van der Waals surface area contributed by atoms with Crippen molar-refractivity contribution in [2.75, 3.05) is 25.2 Å². The summed E-state index contributed by atoms with van der Waals surface area (Å²) in [6.07, 6.45) is 2.77. The molecule has 0 saturated carbocycles. The van der Waals surface area contributed by atoms with E-state index >= 15 is 0 Å². The lowest BCUT2D eigenvalue weighted by molar-refractivity contribution is 0.0301. The lowest BCUT2D eigenvalue weighted by atomic mass is 9.96. The molecule has 1 aromatic rings. The van der Waals surface area contributed by atoms with Gasteiger partial charge in [-0.05, 0) is 55.4 Å². The van der Waals surface area contributed by atoms with Gasteiger partial charge in [0.1, 0.15) is 5.75 Å². The molecule has 0 amide bonds. The molecule has 1 unspecified atom stereocenters. The molecule has 1 atom stereocenters. The van der Waals surface area contributed by atoms with Gasteiger partial charge in [0.15, 0.2) is 0 Å². The number of methoxy groups -OCH3 is 1. The van der Waals surface area contributed by atoms with Crippen LogP contribution >= 0.6 is 11.8 Å². The van der Waals surface area contributed by atoms with Crippen molar-refractivity contribution in [2.24, 2.45) is 0 Å². The number of hydrogen-bond acceptors (Lipinski definition) is 4. The minimum atomic E-state index is -0.501. The maximum absolute atomic E-state index is 10.5. The van der Waals surface area contributed by atoms with Crippen molar-refractivity contribution >= 4 is 11.8 Å². The van der Waals surface area contributed by atoms with Crippen LogP contribution in [0.4, 0.5) is 0 Å². The zero-order valence-corrected chi connectivity index (χ0v) is 13.2. The van der Waals surface area contributed by atoms with Crippen molar-refractivity contribution in [1.29, 1.82) is 0 Å². The van der Waals surface area contributed by atoms with Gasteiger partial charge in [-0.1, -0.05) is 12.1 Å². The molecule has 1 fully saturated rings. The highest BCUT2D eigenvalue weighted by Gasteiger charge is 2.29. The Bertz CT molecular complexity index is 401. The van der Waals surface area contributed by atoms with E-state index in [4.69, 9.17) is 4.74 Å². The van der Waals surface area contributed by atoms with E-state index < -0.39 is 5.60 Å². The molecule has 3 nitrogen and oxygen atoms in total.